The van der Waals surface area contributed by atoms with Crippen LogP contribution in [0.4, 0.5) is 5.69 Å². The summed E-state index contributed by atoms with van der Waals surface area (Å²) in [6.07, 6.45) is 0. The van der Waals surface area contributed by atoms with E-state index in [1.807, 2.05) is 0 Å². The van der Waals surface area contributed by atoms with Crippen LogP contribution in [0.3, 0.4) is 0 Å². The van der Waals surface area contributed by atoms with Crippen LogP contribution in [0, 0.1) is 6.92 Å². The van der Waals surface area contributed by atoms with E-state index in [0.29, 0.717) is 21.2 Å². The second kappa shape index (κ2) is 4.71. The third-order valence-corrected chi connectivity index (χ3v) is 4.97. The molecule has 4 rings (SSSR count). The van der Waals surface area contributed by atoms with Crippen molar-refractivity contribution in [2.24, 2.45) is 0 Å². The second-order valence-electron chi connectivity index (χ2n) is 4.91. The number of imide groups is 1. The average Bonchev–Trinajstić information content (AvgIpc) is 3.02. The van der Waals surface area contributed by atoms with Crippen LogP contribution < -0.4 is 10.6 Å². The summed E-state index contributed by atoms with van der Waals surface area (Å²) in [5.41, 5.74) is 0.185. The van der Waals surface area contributed by atoms with Crippen LogP contribution in [-0.4, -0.2) is 26.4 Å². The number of carbonyl (C=O) groups excluding carboxylic acids is 2. The van der Waals surface area contributed by atoms with E-state index < -0.39 is 17.5 Å². The summed E-state index contributed by atoms with van der Waals surface area (Å²) in [5, 5.41) is 7.63. The highest BCUT2D eigenvalue weighted by molar-refractivity contribution is 7.20. The summed E-state index contributed by atoms with van der Waals surface area (Å²) in [7, 11) is 0. The third-order valence-electron chi connectivity index (χ3n) is 3.50. The summed E-state index contributed by atoms with van der Waals surface area (Å²) in [6.45, 7) is 1.66. The number of hydrogen-bond acceptors (Lipinski definition) is 6. The van der Waals surface area contributed by atoms with Crippen molar-refractivity contribution in [1.29, 1.82) is 0 Å². The van der Waals surface area contributed by atoms with E-state index >= 15 is 0 Å². The summed E-state index contributed by atoms with van der Waals surface area (Å²) in [5.74, 6) is -1.06. The number of thiazole rings is 1. The number of carbonyl (C=O) groups is 2. The zero-order chi connectivity index (χ0) is 16.3. The maximum atomic E-state index is 12.7. The molecule has 3 aromatic rings. The minimum Gasteiger partial charge on any atom is -0.267 e. The van der Waals surface area contributed by atoms with Gasteiger partial charge in [-0.05, 0) is 25.1 Å². The molecule has 1 aliphatic rings. The van der Waals surface area contributed by atoms with Gasteiger partial charge in [0, 0.05) is 5.02 Å². The van der Waals surface area contributed by atoms with Crippen molar-refractivity contribution >= 4 is 45.3 Å². The molecular formula is C14H7ClN4O3S. The monoisotopic (exact) mass is 346 g/mol. The summed E-state index contributed by atoms with van der Waals surface area (Å²) >= 11 is 6.98. The fourth-order valence-electron chi connectivity index (χ4n) is 2.50. The van der Waals surface area contributed by atoms with Gasteiger partial charge < -0.3 is 0 Å². The SMILES string of the molecule is Cc1nnc(=O)n2c3c(sc12)C(=O)N(c1cccc(Cl)c1)C3=O. The number of anilines is 1. The zero-order valence-electron chi connectivity index (χ0n) is 11.6. The largest absolute Gasteiger partial charge is 0.372 e. The number of nitrogens with zero attached hydrogens (tertiary/aromatic N) is 4. The summed E-state index contributed by atoms with van der Waals surface area (Å²) in [4.78, 5) is 39.0. The molecule has 0 spiro atoms. The highest BCUT2D eigenvalue weighted by Crippen LogP contribution is 2.34. The lowest BCUT2D eigenvalue weighted by Gasteiger charge is -2.14. The fourth-order valence-corrected chi connectivity index (χ4v) is 3.79. The Kier molecular flexibility index (Phi) is 2.87. The molecule has 0 radical (unpaired) electrons. The van der Waals surface area contributed by atoms with Gasteiger partial charge in [0.15, 0.2) is 0 Å². The van der Waals surface area contributed by atoms with Crippen molar-refractivity contribution < 1.29 is 9.59 Å². The van der Waals surface area contributed by atoms with Crippen molar-refractivity contribution in [2.75, 3.05) is 4.90 Å². The number of hydrogen-bond donors (Lipinski definition) is 0. The highest BCUT2D eigenvalue weighted by atomic mass is 35.5. The van der Waals surface area contributed by atoms with E-state index in [9.17, 15) is 14.4 Å². The number of fused-ring (bicyclic) bond motifs is 3. The lowest BCUT2D eigenvalue weighted by molar-refractivity contribution is 0.0925. The summed E-state index contributed by atoms with van der Waals surface area (Å²) in [6, 6.07) is 6.41. The molecule has 0 N–H and O–H groups in total. The van der Waals surface area contributed by atoms with E-state index in [4.69, 9.17) is 11.6 Å². The molecule has 114 valence electrons. The average molecular weight is 347 g/mol. The normalized spacial score (nSPS) is 13.9. The number of halogens is 1. The van der Waals surface area contributed by atoms with Gasteiger partial charge in [-0.15, -0.1) is 16.4 Å². The molecule has 2 amide bonds. The predicted molar refractivity (Wildman–Crippen MR) is 84.5 cm³/mol. The molecule has 1 aromatic carbocycles. The molecule has 0 saturated carbocycles. The Labute approximate surface area is 137 Å². The van der Waals surface area contributed by atoms with E-state index in [2.05, 4.69) is 10.2 Å². The quantitative estimate of drug-likeness (QED) is 0.628. The molecule has 23 heavy (non-hydrogen) atoms. The number of amides is 2. The maximum Gasteiger partial charge on any atom is 0.372 e. The second-order valence-corrected chi connectivity index (χ2v) is 6.35. The standard InChI is InChI=1S/C14H7ClN4O3S/c1-6-13-19(14(22)17-16-6)9-10(23-13)12(21)18(11(9)20)8-4-2-3-7(15)5-8/h2-5H,1H3. The molecule has 0 aliphatic carbocycles. The van der Waals surface area contributed by atoms with Crippen molar-refractivity contribution in [3.63, 3.8) is 0 Å². The molecule has 0 atom stereocenters. The summed E-state index contributed by atoms with van der Waals surface area (Å²) < 4.78 is 1.15. The Bertz CT molecular complexity index is 1070. The van der Waals surface area contributed by atoms with Crippen LogP contribution in [-0.2, 0) is 0 Å². The van der Waals surface area contributed by atoms with E-state index in [1.165, 1.54) is 6.07 Å². The van der Waals surface area contributed by atoms with Crippen LogP contribution in [0.15, 0.2) is 29.1 Å². The van der Waals surface area contributed by atoms with Crippen LogP contribution in [0.2, 0.25) is 5.02 Å². The molecule has 7 nitrogen and oxygen atoms in total. The molecule has 1 aliphatic heterocycles. The van der Waals surface area contributed by atoms with Gasteiger partial charge >= 0.3 is 5.69 Å². The fraction of sp³-hybridized carbons (Fsp3) is 0.0714. The Morgan fingerprint density at radius 1 is 1.13 bits per heavy atom. The minimum absolute atomic E-state index is 0.0259. The van der Waals surface area contributed by atoms with Gasteiger partial charge in [-0.1, -0.05) is 22.8 Å². The highest BCUT2D eigenvalue weighted by Gasteiger charge is 2.41. The van der Waals surface area contributed by atoms with E-state index in [-0.39, 0.29) is 10.6 Å². The molecule has 0 unspecified atom stereocenters. The third kappa shape index (κ3) is 1.85. The first-order valence-corrected chi connectivity index (χ1v) is 7.71. The molecule has 2 aromatic heterocycles. The van der Waals surface area contributed by atoms with Gasteiger partial charge in [0.05, 0.1) is 11.4 Å². The first-order valence-electron chi connectivity index (χ1n) is 6.52. The molecule has 3 heterocycles. The van der Waals surface area contributed by atoms with Gasteiger partial charge in [-0.3, -0.25) is 9.59 Å². The van der Waals surface area contributed by atoms with Crippen LogP contribution >= 0.6 is 22.9 Å². The van der Waals surface area contributed by atoms with E-state index in [1.54, 1.807) is 25.1 Å². The van der Waals surface area contributed by atoms with Gasteiger partial charge in [0.2, 0.25) is 0 Å². The maximum absolute atomic E-state index is 12.7. The van der Waals surface area contributed by atoms with Gasteiger partial charge in [-0.25, -0.2) is 14.1 Å². The van der Waals surface area contributed by atoms with Gasteiger partial charge in [0.25, 0.3) is 11.8 Å². The Balaban J connectivity index is 1.98. The van der Waals surface area contributed by atoms with Crippen molar-refractivity contribution in [2.45, 2.75) is 6.92 Å². The molecule has 0 fully saturated rings. The molecule has 9 heteroatoms. The Hall–Kier alpha value is -2.58. The topological polar surface area (TPSA) is 84.6 Å². The number of aryl methyl sites for hydroxylation is 1. The predicted octanol–water partition coefficient (Wildman–Crippen LogP) is 1.91. The number of benzene rings is 1. The lowest BCUT2D eigenvalue weighted by atomic mass is 10.3. The number of rotatable bonds is 1. The smallest absolute Gasteiger partial charge is 0.267 e. The first-order chi connectivity index (χ1) is 11.0. The minimum atomic E-state index is -0.683. The zero-order valence-corrected chi connectivity index (χ0v) is 13.2. The van der Waals surface area contributed by atoms with Crippen LogP contribution in [0.5, 0.6) is 0 Å². The van der Waals surface area contributed by atoms with Gasteiger partial charge in [-0.2, -0.15) is 0 Å². The van der Waals surface area contributed by atoms with Crippen LogP contribution in [0.1, 0.15) is 25.9 Å². The molecule has 0 saturated heterocycles. The van der Waals surface area contributed by atoms with Crippen molar-refractivity contribution in [3.05, 3.63) is 56.0 Å². The van der Waals surface area contributed by atoms with Crippen molar-refractivity contribution in [3.8, 4) is 0 Å². The Morgan fingerprint density at radius 2 is 1.91 bits per heavy atom. The number of aromatic nitrogens is 3. The van der Waals surface area contributed by atoms with Crippen molar-refractivity contribution in [1.82, 2.24) is 14.6 Å². The van der Waals surface area contributed by atoms with E-state index in [0.717, 1.165) is 20.6 Å². The van der Waals surface area contributed by atoms with Crippen LogP contribution in [0.25, 0.3) is 4.83 Å². The molecule has 0 bridgehead atoms. The first kappa shape index (κ1) is 14.0. The Morgan fingerprint density at radius 3 is 2.65 bits per heavy atom. The molecular weight excluding hydrogens is 340 g/mol. The van der Waals surface area contributed by atoms with Gasteiger partial charge in [0.1, 0.15) is 15.4 Å². The lowest BCUT2D eigenvalue weighted by Crippen LogP contribution is -2.31.